The van der Waals surface area contributed by atoms with E-state index >= 15 is 0 Å². The molecule has 0 saturated carbocycles. The third-order valence-corrected chi connectivity index (χ3v) is 3.42. The predicted octanol–water partition coefficient (Wildman–Crippen LogP) is 2.29. The molecule has 1 aliphatic rings. The van der Waals surface area contributed by atoms with E-state index in [4.69, 9.17) is 5.11 Å². The number of aromatic nitrogens is 1. The Labute approximate surface area is 98.6 Å². The summed E-state index contributed by atoms with van der Waals surface area (Å²) in [6.45, 7) is 0. The molecule has 2 aromatic rings. The molecule has 1 heterocycles. The van der Waals surface area contributed by atoms with Crippen LogP contribution in [0.15, 0.2) is 24.3 Å². The number of nitrogens with one attached hydrogen (secondary N) is 2. The normalized spacial score (nSPS) is 18.9. The number of fused-ring (bicyclic) bond motifs is 3. The number of rotatable bonds is 1. The van der Waals surface area contributed by atoms with Gasteiger partial charge in [0.1, 0.15) is 0 Å². The first-order chi connectivity index (χ1) is 8.24. The van der Waals surface area contributed by atoms with E-state index in [1.807, 2.05) is 12.1 Å². The number of carbonyl (C=O) groups is 1. The number of hydrogen-bond donors (Lipinski definition) is 3. The van der Waals surface area contributed by atoms with Crippen molar-refractivity contribution >= 4 is 17.0 Å². The molecule has 1 aromatic heterocycles. The Bertz CT molecular complexity index is 574. The van der Waals surface area contributed by atoms with Gasteiger partial charge in [-0.25, -0.2) is 4.79 Å². The van der Waals surface area contributed by atoms with Gasteiger partial charge < -0.3 is 15.4 Å². The number of amides is 1. The Hall–Kier alpha value is -1.97. The molecule has 1 amide bonds. The number of benzene rings is 1. The number of H-pyrrole nitrogens is 1. The highest BCUT2D eigenvalue weighted by Gasteiger charge is 2.23. The van der Waals surface area contributed by atoms with Crippen molar-refractivity contribution in [3.05, 3.63) is 35.5 Å². The Morgan fingerprint density at radius 3 is 3.06 bits per heavy atom. The van der Waals surface area contributed by atoms with Crippen LogP contribution in [0.5, 0.6) is 0 Å². The lowest BCUT2D eigenvalue weighted by Gasteiger charge is -2.22. The van der Waals surface area contributed by atoms with Crippen LogP contribution < -0.4 is 5.32 Å². The Morgan fingerprint density at radius 2 is 2.24 bits per heavy atom. The van der Waals surface area contributed by atoms with E-state index in [9.17, 15) is 4.79 Å². The Kier molecular flexibility index (Phi) is 2.28. The molecule has 0 bridgehead atoms. The summed E-state index contributed by atoms with van der Waals surface area (Å²) in [6.07, 6.45) is 1.63. The molecule has 1 aromatic carbocycles. The molecule has 17 heavy (non-hydrogen) atoms. The first-order valence-electron chi connectivity index (χ1n) is 5.82. The lowest BCUT2D eigenvalue weighted by molar-refractivity contribution is 0.188. The molecule has 4 heteroatoms. The van der Waals surface area contributed by atoms with Gasteiger partial charge in [-0.1, -0.05) is 18.2 Å². The third-order valence-electron chi connectivity index (χ3n) is 3.42. The average molecular weight is 230 g/mol. The van der Waals surface area contributed by atoms with Crippen molar-refractivity contribution < 1.29 is 9.90 Å². The van der Waals surface area contributed by atoms with Gasteiger partial charge in [0.15, 0.2) is 0 Å². The van der Waals surface area contributed by atoms with Crippen LogP contribution in [0.3, 0.4) is 0 Å². The zero-order valence-electron chi connectivity index (χ0n) is 9.36. The van der Waals surface area contributed by atoms with Crippen molar-refractivity contribution in [1.29, 1.82) is 0 Å². The van der Waals surface area contributed by atoms with Gasteiger partial charge in [0.05, 0.1) is 0 Å². The Balaban J connectivity index is 1.97. The van der Waals surface area contributed by atoms with Gasteiger partial charge in [0, 0.05) is 22.6 Å². The van der Waals surface area contributed by atoms with Gasteiger partial charge in [-0.2, -0.15) is 0 Å². The van der Waals surface area contributed by atoms with Crippen LogP contribution in [0, 0.1) is 0 Å². The van der Waals surface area contributed by atoms with Gasteiger partial charge in [-0.3, -0.25) is 0 Å². The van der Waals surface area contributed by atoms with Crippen molar-refractivity contribution in [3.63, 3.8) is 0 Å². The van der Waals surface area contributed by atoms with Crippen LogP contribution in [0.4, 0.5) is 4.79 Å². The molecule has 88 valence electrons. The van der Waals surface area contributed by atoms with Gasteiger partial charge in [0.2, 0.25) is 0 Å². The van der Waals surface area contributed by atoms with Gasteiger partial charge >= 0.3 is 6.09 Å². The second-order valence-corrected chi connectivity index (χ2v) is 4.52. The summed E-state index contributed by atoms with van der Waals surface area (Å²) in [5.41, 5.74) is 3.67. The average Bonchev–Trinajstić information content (AvgIpc) is 2.66. The summed E-state index contributed by atoms with van der Waals surface area (Å²) in [6, 6.07) is 8.22. The minimum atomic E-state index is -0.932. The number of carboxylic acid groups (broad SMARTS) is 1. The van der Waals surface area contributed by atoms with Crippen LogP contribution >= 0.6 is 0 Å². The molecule has 0 fully saturated rings. The number of hydrogen-bond acceptors (Lipinski definition) is 1. The first-order valence-corrected chi connectivity index (χ1v) is 5.82. The van der Waals surface area contributed by atoms with Gasteiger partial charge in [0.25, 0.3) is 0 Å². The molecule has 0 radical (unpaired) electrons. The summed E-state index contributed by atoms with van der Waals surface area (Å²) in [5, 5.41) is 12.6. The highest BCUT2D eigenvalue weighted by molar-refractivity contribution is 5.85. The number of para-hydroxylation sites is 1. The highest BCUT2D eigenvalue weighted by atomic mass is 16.4. The molecular weight excluding hydrogens is 216 g/mol. The largest absolute Gasteiger partial charge is 0.465 e. The van der Waals surface area contributed by atoms with E-state index in [-0.39, 0.29) is 6.04 Å². The molecular formula is C13H14N2O2. The fourth-order valence-corrected chi connectivity index (χ4v) is 2.67. The molecule has 1 atom stereocenters. The van der Waals surface area contributed by atoms with Crippen molar-refractivity contribution in [2.75, 3.05) is 0 Å². The lowest BCUT2D eigenvalue weighted by atomic mass is 9.91. The maximum absolute atomic E-state index is 10.7. The molecule has 3 rings (SSSR count). The standard InChI is InChI=1S/C13H14N2O2/c16-13(17)14-8-5-6-12-10(7-8)9-3-1-2-4-11(9)15-12/h1-4,8,14-15H,5-7H2,(H,16,17). The molecule has 1 unspecified atom stereocenters. The van der Waals surface area contributed by atoms with E-state index < -0.39 is 6.09 Å². The summed E-state index contributed by atoms with van der Waals surface area (Å²) >= 11 is 0. The zero-order valence-corrected chi connectivity index (χ0v) is 9.36. The fourth-order valence-electron chi connectivity index (χ4n) is 2.67. The van der Waals surface area contributed by atoms with E-state index in [1.165, 1.54) is 16.6 Å². The monoisotopic (exact) mass is 230 g/mol. The quantitative estimate of drug-likeness (QED) is 0.703. The fraction of sp³-hybridized carbons (Fsp3) is 0.308. The van der Waals surface area contributed by atoms with Crippen LogP contribution in [0.25, 0.3) is 10.9 Å². The second-order valence-electron chi connectivity index (χ2n) is 4.52. The van der Waals surface area contributed by atoms with Crippen LogP contribution in [-0.2, 0) is 12.8 Å². The third kappa shape index (κ3) is 1.75. The molecule has 0 aliphatic heterocycles. The van der Waals surface area contributed by atoms with E-state index in [0.29, 0.717) is 0 Å². The summed E-state index contributed by atoms with van der Waals surface area (Å²) in [7, 11) is 0. The maximum Gasteiger partial charge on any atom is 0.404 e. The summed E-state index contributed by atoms with van der Waals surface area (Å²) < 4.78 is 0. The lowest BCUT2D eigenvalue weighted by Crippen LogP contribution is -2.37. The first kappa shape index (κ1) is 10.2. The number of aromatic amines is 1. The molecule has 0 spiro atoms. The minimum Gasteiger partial charge on any atom is -0.465 e. The van der Waals surface area contributed by atoms with Gasteiger partial charge in [-0.05, 0) is 30.9 Å². The SMILES string of the molecule is O=C(O)NC1CCc2[nH]c3ccccc3c2C1. The van der Waals surface area contributed by atoms with Crippen molar-refractivity contribution in [2.45, 2.75) is 25.3 Å². The smallest absolute Gasteiger partial charge is 0.404 e. The number of aryl methyl sites for hydroxylation is 1. The second kappa shape index (κ2) is 3.80. The summed E-state index contributed by atoms with van der Waals surface area (Å²) in [5.74, 6) is 0. The van der Waals surface area contributed by atoms with Crippen LogP contribution in [0.2, 0.25) is 0 Å². The molecule has 1 aliphatic carbocycles. The Morgan fingerprint density at radius 1 is 1.41 bits per heavy atom. The molecule has 4 nitrogen and oxygen atoms in total. The summed E-state index contributed by atoms with van der Waals surface area (Å²) in [4.78, 5) is 14.1. The zero-order chi connectivity index (χ0) is 11.8. The minimum absolute atomic E-state index is 0.0409. The molecule has 3 N–H and O–H groups in total. The van der Waals surface area contributed by atoms with Crippen LogP contribution in [0.1, 0.15) is 17.7 Å². The van der Waals surface area contributed by atoms with Crippen molar-refractivity contribution in [3.8, 4) is 0 Å². The van der Waals surface area contributed by atoms with Crippen molar-refractivity contribution in [1.82, 2.24) is 10.3 Å². The van der Waals surface area contributed by atoms with Crippen LogP contribution in [-0.4, -0.2) is 22.2 Å². The van der Waals surface area contributed by atoms with E-state index in [0.717, 1.165) is 24.8 Å². The maximum atomic E-state index is 10.7. The predicted molar refractivity (Wildman–Crippen MR) is 65.3 cm³/mol. The molecule has 0 saturated heterocycles. The topological polar surface area (TPSA) is 65.1 Å². The van der Waals surface area contributed by atoms with Gasteiger partial charge in [-0.15, -0.1) is 0 Å². The highest BCUT2D eigenvalue weighted by Crippen LogP contribution is 2.28. The van der Waals surface area contributed by atoms with E-state index in [2.05, 4.69) is 22.4 Å². The van der Waals surface area contributed by atoms with Crippen molar-refractivity contribution in [2.24, 2.45) is 0 Å². The van der Waals surface area contributed by atoms with E-state index in [1.54, 1.807) is 0 Å².